The quantitative estimate of drug-likeness (QED) is 0.649. The van der Waals surface area contributed by atoms with Gasteiger partial charge in [0.15, 0.2) is 0 Å². The lowest BCUT2D eigenvalue weighted by molar-refractivity contribution is 0.0896. The molecule has 2 aromatic rings. The summed E-state index contributed by atoms with van der Waals surface area (Å²) in [5.41, 5.74) is 7.38. The Balaban J connectivity index is 2.51. The summed E-state index contributed by atoms with van der Waals surface area (Å²) in [6, 6.07) is 10.4. The lowest BCUT2D eigenvalue weighted by Gasteiger charge is -2.20. The molecule has 5 heteroatoms. The molecule has 0 aliphatic carbocycles. The van der Waals surface area contributed by atoms with Crippen LogP contribution in [0.25, 0.3) is 0 Å². The van der Waals surface area contributed by atoms with Gasteiger partial charge in [0.25, 0.3) is 0 Å². The summed E-state index contributed by atoms with van der Waals surface area (Å²) in [6.07, 6.45) is -0.446. The molecule has 0 aliphatic heterocycles. The van der Waals surface area contributed by atoms with Crippen LogP contribution in [0.4, 0.5) is 5.69 Å². The average molecular weight is 312 g/mol. The van der Waals surface area contributed by atoms with Crippen LogP contribution in [0.2, 0.25) is 10.0 Å². The molecule has 2 rings (SSSR count). The van der Waals surface area contributed by atoms with E-state index in [1.807, 2.05) is 19.1 Å². The number of benzene rings is 2. The molecule has 0 saturated carbocycles. The largest absolute Gasteiger partial charge is 0.505 e. The minimum atomic E-state index is -0.446. The summed E-state index contributed by atoms with van der Waals surface area (Å²) >= 11 is 11.9. The Bertz CT molecular complexity index is 600. The second kappa shape index (κ2) is 6.35. The molecule has 3 N–H and O–H groups in total. The zero-order valence-electron chi connectivity index (χ0n) is 10.9. The standard InChI is InChI=1S/C15H15Cl2NO2/c1-2-20-15(9-3-5-10(16)6-4-9)12-7-11(17)8-13(18)14(12)19/h3-8,15,19H,2,18H2,1H3. The van der Waals surface area contributed by atoms with Gasteiger partial charge in [0.1, 0.15) is 11.9 Å². The molecule has 0 radical (unpaired) electrons. The molecule has 106 valence electrons. The Morgan fingerprint density at radius 2 is 1.80 bits per heavy atom. The van der Waals surface area contributed by atoms with E-state index in [4.69, 9.17) is 33.7 Å². The molecule has 0 fully saturated rings. The summed E-state index contributed by atoms with van der Waals surface area (Å²) < 4.78 is 5.73. The van der Waals surface area contributed by atoms with Crippen molar-refractivity contribution in [2.24, 2.45) is 0 Å². The van der Waals surface area contributed by atoms with E-state index in [1.54, 1.807) is 18.2 Å². The van der Waals surface area contributed by atoms with Gasteiger partial charge in [-0.05, 0) is 36.8 Å². The Morgan fingerprint density at radius 3 is 2.40 bits per heavy atom. The third-order valence-electron chi connectivity index (χ3n) is 2.92. The van der Waals surface area contributed by atoms with E-state index >= 15 is 0 Å². The van der Waals surface area contributed by atoms with Gasteiger partial charge >= 0.3 is 0 Å². The second-order valence-corrected chi connectivity index (χ2v) is 5.19. The lowest BCUT2D eigenvalue weighted by atomic mass is 9.99. The van der Waals surface area contributed by atoms with E-state index in [9.17, 15) is 5.11 Å². The van der Waals surface area contributed by atoms with Crippen molar-refractivity contribution in [2.75, 3.05) is 12.3 Å². The fraction of sp³-hybridized carbons (Fsp3) is 0.200. The minimum Gasteiger partial charge on any atom is -0.505 e. The predicted molar refractivity (Wildman–Crippen MR) is 82.5 cm³/mol. The molecule has 0 spiro atoms. The van der Waals surface area contributed by atoms with Gasteiger partial charge in [0.2, 0.25) is 0 Å². The highest BCUT2D eigenvalue weighted by Gasteiger charge is 2.20. The molecule has 20 heavy (non-hydrogen) atoms. The molecule has 0 aliphatic rings. The predicted octanol–water partition coefficient (Wildman–Crippen LogP) is 4.41. The highest BCUT2D eigenvalue weighted by atomic mass is 35.5. The molecule has 0 amide bonds. The van der Waals surface area contributed by atoms with Gasteiger partial charge in [-0.2, -0.15) is 0 Å². The molecule has 0 saturated heterocycles. The first-order valence-electron chi connectivity index (χ1n) is 6.18. The van der Waals surface area contributed by atoms with Gasteiger partial charge in [0.05, 0.1) is 5.69 Å². The van der Waals surface area contributed by atoms with Crippen molar-refractivity contribution in [2.45, 2.75) is 13.0 Å². The van der Waals surface area contributed by atoms with Gasteiger partial charge in [-0.15, -0.1) is 0 Å². The van der Waals surface area contributed by atoms with Gasteiger partial charge in [-0.1, -0.05) is 35.3 Å². The second-order valence-electron chi connectivity index (χ2n) is 4.32. The molecular formula is C15H15Cl2NO2. The van der Waals surface area contributed by atoms with Crippen LogP contribution in [0.3, 0.4) is 0 Å². The number of hydrogen-bond donors (Lipinski definition) is 2. The van der Waals surface area contributed by atoms with Gasteiger partial charge in [-0.25, -0.2) is 0 Å². The smallest absolute Gasteiger partial charge is 0.144 e. The topological polar surface area (TPSA) is 55.5 Å². The van der Waals surface area contributed by atoms with Crippen LogP contribution in [0.15, 0.2) is 36.4 Å². The van der Waals surface area contributed by atoms with Crippen LogP contribution in [-0.2, 0) is 4.74 Å². The molecule has 0 aromatic heterocycles. The first kappa shape index (κ1) is 15.0. The lowest BCUT2D eigenvalue weighted by Crippen LogP contribution is -2.07. The highest BCUT2D eigenvalue weighted by Crippen LogP contribution is 2.38. The molecule has 1 unspecified atom stereocenters. The zero-order valence-corrected chi connectivity index (χ0v) is 12.4. The van der Waals surface area contributed by atoms with E-state index < -0.39 is 6.10 Å². The van der Waals surface area contributed by atoms with E-state index in [-0.39, 0.29) is 11.4 Å². The summed E-state index contributed by atoms with van der Waals surface area (Å²) in [7, 11) is 0. The van der Waals surface area contributed by atoms with E-state index in [0.29, 0.717) is 22.2 Å². The number of anilines is 1. The number of phenols is 1. The number of rotatable bonds is 4. The minimum absolute atomic E-state index is 0.0113. The Morgan fingerprint density at radius 1 is 1.15 bits per heavy atom. The number of hydrogen-bond acceptors (Lipinski definition) is 3. The maximum atomic E-state index is 10.1. The van der Waals surface area contributed by atoms with Gasteiger partial charge in [0, 0.05) is 22.2 Å². The van der Waals surface area contributed by atoms with Crippen LogP contribution in [0.5, 0.6) is 5.75 Å². The summed E-state index contributed by atoms with van der Waals surface area (Å²) in [4.78, 5) is 0. The maximum absolute atomic E-state index is 10.1. The van der Waals surface area contributed by atoms with Gasteiger partial charge in [-0.3, -0.25) is 0 Å². The van der Waals surface area contributed by atoms with Crippen LogP contribution < -0.4 is 5.73 Å². The monoisotopic (exact) mass is 311 g/mol. The summed E-state index contributed by atoms with van der Waals surface area (Å²) in [6.45, 7) is 2.37. The number of ether oxygens (including phenoxy) is 1. The molecular weight excluding hydrogens is 297 g/mol. The normalized spacial score (nSPS) is 12.3. The van der Waals surface area contributed by atoms with Crippen LogP contribution >= 0.6 is 23.2 Å². The first-order chi connectivity index (χ1) is 9.52. The fourth-order valence-electron chi connectivity index (χ4n) is 2.01. The number of nitrogens with two attached hydrogens (primary N) is 1. The van der Waals surface area contributed by atoms with Crippen LogP contribution in [0.1, 0.15) is 24.2 Å². The maximum Gasteiger partial charge on any atom is 0.144 e. The number of nitrogen functional groups attached to an aromatic ring is 1. The van der Waals surface area contributed by atoms with Crippen molar-refractivity contribution in [1.29, 1.82) is 0 Å². The molecule has 1 atom stereocenters. The zero-order chi connectivity index (χ0) is 14.7. The fourth-order valence-corrected chi connectivity index (χ4v) is 2.37. The molecule has 0 heterocycles. The van der Waals surface area contributed by atoms with Crippen molar-refractivity contribution in [1.82, 2.24) is 0 Å². The molecule has 0 bridgehead atoms. The number of halogens is 2. The van der Waals surface area contributed by atoms with Crippen LogP contribution in [0, 0.1) is 0 Å². The van der Waals surface area contributed by atoms with Crippen molar-refractivity contribution in [3.8, 4) is 5.75 Å². The molecule has 3 nitrogen and oxygen atoms in total. The first-order valence-corrected chi connectivity index (χ1v) is 6.93. The number of phenolic OH excluding ortho intramolecular Hbond substituents is 1. The molecule has 2 aromatic carbocycles. The Hall–Kier alpha value is -1.42. The van der Waals surface area contributed by atoms with E-state index in [2.05, 4.69) is 0 Å². The van der Waals surface area contributed by atoms with Gasteiger partial charge < -0.3 is 15.6 Å². The highest BCUT2D eigenvalue weighted by molar-refractivity contribution is 6.31. The summed E-state index contributed by atoms with van der Waals surface area (Å²) in [5.74, 6) is -0.0113. The van der Waals surface area contributed by atoms with E-state index in [0.717, 1.165) is 5.56 Å². The van der Waals surface area contributed by atoms with E-state index in [1.165, 1.54) is 6.07 Å². The van der Waals surface area contributed by atoms with Crippen molar-refractivity contribution in [3.05, 3.63) is 57.6 Å². The van der Waals surface area contributed by atoms with Crippen molar-refractivity contribution < 1.29 is 9.84 Å². The third kappa shape index (κ3) is 3.18. The summed E-state index contributed by atoms with van der Waals surface area (Å²) in [5, 5.41) is 11.2. The van der Waals surface area contributed by atoms with Crippen LogP contribution in [-0.4, -0.2) is 11.7 Å². The van der Waals surface area contributed by atoms with Crippen molar-refractivity contribution >= 4 is 28.9 Å². The Kier molecular flexibility index (Phi) is 4.76. The average Bonchev–Trinajstić information content (AvgIpc) is 2.42. The third-order valence-corrected chi connectivity index (χ3v) is 3.39. The SMILES string of the molecule is CCOC(c1ccc(Cl)cc1)c1cc(Cl)cc(N)c1O. The van der Waals surface area contributed by atoms with Crippen molar-refractivity contribution in [3.63, 3.8) is 0 Å². The Labute approximate surface area is 127 Å². The number of aromatic hydroxyl groups is 1.